The van der Waals surface area contributed by atoms with E-state index >= 15 is 0 Å². The van der Waals surface area contributed by atoms with Gasteiger partial charge in [-0.1, -0.05) is 18.2 Å². The zero-order valence-corrected chi connectivity index (χ0v) is 17.2. The number of carbonyl (C=O) groups excluding carboxylic acids is 1. The van der Waals surface area contributed by atoms with Crippen LogP contribution in [0.1, 0.15) is 52.5 Å². The minimum absolute atomic E-state index is 0.283. The van der Waals surface area contributed by atoms with Crippen LogP contribution in [-0.4, -0.2) is 47.1 Å². The molecule has 0 bridgehead atoms. The largest absolute Gasteiger partial charge is 0.623 e. The molecule has 6 heteroatoms. The predicted molar refractivity (Wildman–Crippen MR) is 107 cm³/mol. The smallest absolute Gasteiger partial charge is 0.382 e. The van der Waals surface area contributed by atoms with E-state index in [2.05, 4.69) is 5.92 Å². The summed E-state index contributed by atoms with van der Waals surface area (Å²) in [6.07, 6.45) is 8.02. The molecular weight excluding hydrogens is 358 g/mol. The predicted octanol–water partition coefficient (Wildman–Crippen LogP) is 3.26. The van der Waals surface area contributed by atoms with E-state index < -0.39 is 29.0 Å². The summed E-state index contributed by atoms with van der Waals surface area (Å²) in [5.74, 6) is 0.367. The molecule has 1 saturated heterocycles. The van der Waals surface area contributed by atoms with E-state index in [-0.39, 0.29) is 6.42 Å². The second-order valence-electron chi connectivity index (χ2n) is 7.92. The molecule has 0 amide bonds. The van der Waals surface area contributed by atoms with Crippen LogP contribution >= 0.6 is 0 Å². The topological polar surface area (TPSA) is 70.8 Å². The zero-order chi connectivity index (χ0) is 21.0. The number of esters is 1. The number of hydrogen-bond donors (Lipinski definition) is 0. The highest BCUT2D eigenvalue weighted by Gasteiger charge is 2.65. The van der Waals surface area contributed by atoms with Crippen molar-refractivity contribution in [2.24, 2.45) is 0 Å². The summed E-state index contributed by atoms with van der Waals surface area (Å²) in [5, 5.41) is 13.1. The van der Waals surface area contributed by atoms with Crippen LogP contribution < -0.4 is 0 Å². The maximum absolute atomic E-state index is 13.1. The normalized spacial score (nSPS) is 20.9. The number of carbonyl (C=O) groups is 1. The summed E-state index contributed by atoms with van der Waals surface area (Å²) in [5.41, 5.74) is -0.812. The van der Waals surface area contributed by atoms with Gasteiger partial charge in [0.25, 0.3) is 0 Å². The molecule has 0 spiro atoms. The second kappa shape index (κ2) is 8.34. The Morgan fingerprint density at radius 3 is 2.32 bits per heavy atom. The Morgan fingerprint density at radius 1 is 1.25 bits per heavy atom. The molecule has 2 rings (SSSR count). The van der Waals surface area contributed by atoms with Crippen LogP contribution in [0.25, 0.3) is 0 Å². The Morgan fingerprint density at radius 2 is 1.82 bits per heavy atom. The summed E-state index contributed by atoms with van der Waals surface area (Å²) in [6.45, 7) is 7.50. The van der Waals surface area contributed by atoms with Gasteiger partial charge in [0.2, 0.25) is 5.79 Å². The highest BCUT2D eigenvalue weighted by atomic mass is 16.8. The Balaban J connectivity index is 2.53. The van der Waals surface area contributed by atoms with E-state index in [0.29, 0.717) is 23.1 Å². The molecule has 0 aromatic heterocycles. The number of nitrogens with zero attached hydrogens (tertiary/aromatic N) is 1. The van der Waals surface area contributed by atoms with Crippen molar-refractivity contribution in [3.63, 3.8) is 0 Å². The molecular formula is C22H29NO5. The van der Waals surface area contributed by atoms with E-state index in [9.17, 15) is 10.0 Å². The molecule has 0 aliphatic carbocycles. The first-order valence-corrected chi connectivity index (χ1v) is 9.35. The summed E-state index contributed by atoms with van der Waals surface area (Å²) >= 11 is 0. The lowest BCUT2D eigenvalue weighted by Crippen LogP contribution is -2.55. The monoisotopic (exact) mass is 387 g/mol. The van der Waals surface area contributed by atoms with Crippen LogP contribution in [0.15, 0.2) is 30.3 Å². The molecule has 1 fully saturated rings. The van der Waals surface area contributed by atoms with Gasteiger partial charge in [-0.3, -0.25) is 0 Å². The van der Waals surface area contributed by atoms with Gasteiger partial charge in [0, 0.05) is 18.4 Å². The van der Waals surface area contributed by atoms with Crippen LogP contribution in [0.4, 0.5) is 0 Å². The first-order valence-electron chi connectivity index (χ1n) is 9.35. The van der Waals surface area contributed by atoms with Crippen molar-refractivity contribution in [2.45, 2.75) is 70.0 Å². The van der Waals surface area contributed by atoms with Gasteiger partial charge in [0.15, 0.2) is 6.21 Å². The minimum Gasteiger partial charge on any atom is -0.623 e. The van der Waals surface area contributed by atoms with Crippen LogP contribution in [0, 0.1) is 17.6 Å². The highest BCUT2D eigenvalue weighted by Crippen LogP contribution is 2.48. The summed E-state index contributed by atoms with van der Waals surface area (Å²) in [4.78, 5) is 12.7. The number of hydroxylamine groups is 1. The number of unbranched alkanes of at least 4 members (excludes halogenated alkanes) is 1. The van der Waals surface area contributed by atoms with E-state index in [1.807, 2.05) is 45.9 Å². The first kappa shape index (κ1) is 21.9. The molecule has 1 unspecified atom stereocenters. The van der Waals surface area contributed by atoms with E-state index in [0.717, 1.165) is 0 Å². The molecule has 0 N–H and O–H groups in total. The molecule has 1 aromatic carbocycles. The lowest BCUT2D eigenvalue weighted by atomic mass is 9.90. The third-order valence-electron chi connectivity index (χ3n) is 5.32. The van der Waals surface area contributed by atoms with Crippen LogP contribution in [-0.2, 0) is 19.0 Å². The molecule has 28 heavy (non-hydrogen) atoms. The fourth-order valence-corrected chi connectivity index (χ4v) is 3.27. The number of methoxy groups -OCH3 is 1. The highest BCUT2D eigenvalue weighted by molar-refractivity contribution is 5.79. The minimum atomic E-state index is -1.48. The molecule has 1 aliphatic rings. The number of terminal acetylenes is 1. The number of benzene rings is 1. The molecule has 0 saturated carbocycles. The molecule has 1 heterocycles. The quantitative estimate of drug-likeness (QED) is 0.137. The fraction of sp³-hybridized carbons (Fsp3) is 0.545. The average molecular weight is 387 g/mol. The van der Waals surface area contributed by atoms with Crippen molar-refractivity contribution in [1.82, 2.24) is 0 Å². The van der Waals surface area contributed by atoms with Crippen LogP contribution in [0.2, 0.25) is 0 Å². The summed E-state index contributed by atoms with van der Waals surface area (Å²) in [6, 6.07) is 7.67. The maximum atomic E-state index is 13.1. The van der Waals surface area contributed by atoms with Crippen molar-refractivity contribution >= 4 is 12.2 Å². The molecule has 0 radical (unpaired) electrons. The second-order valence-corrected chi connectivity index (χ2v) is 7.92. The van der Waals surface area contributed by atoms with Crippen LogP contribution in [0.3, 0.4) is 0 Å². The molecule has 1 aliphatic heterocycles. The lowest BCUT2D eigenvalue weighted by molar-refractivity contribution is -0.529. The third kappa shape index (κ3) is 4.37. The van der Waals surface area contributed by atoms with Crippen molar-refractivity contribution in [3.8, 4) is 12.3 Å². The molecule has 1 aromatic rings. The van der Waals surface area contributed by atoms with Gasteiger partial charge in [0.05, 0.1) is 18.3 Å². The van der Waals surface area contributed by atoms with E-state index in [4.69, 9.17) is 20.6 Å². The molecule has 6 nitrogen and oxygen atoms in total. The van der Waals surface area contributed by atoms with Gasteiger partial charge in [0.1, 0.15) is 0 Å². The Labute approximate surface area is 167 Å². The van der Waals surface area contributed by atoms with Crippen molar-refractivity contribution < 1.29 is 23.7 Å². The average Bonchev–Trinajstić information content (AvgIpc) is 2.80. The van der Waals surface area contributed by atoms with Gasteiger partial charge in [-0.25, -0.2) is 4.79 Å². The Kier molecular flexibility index (Phi) is 6.53. The SMILES string of the molecule is C#CCCCC1(C(C(=O)OC)/[N+]([O-])=C/c2ccccc2)OC(C)(C)C(C)(C)O1. The van der Waals surface area contributed by atoms with Crippen molar-refractivity contribution in [3.05, 3.63) is 41.1 Å². The number of rotatable bonds is 7. The number of ether oxygens (including phenoxy) is 3. The third-order valence-corrected chi connectivity index (χ3v) is 5.32. The lowest BCUT2D eigenvalue weighted by Gasteiger charge is -2.33. The molecule has 1 atom stereocenters. The number of hydrogen-bond acceptors (Lipinski definition) is 5. The van der Waals surface area contributed by atoms with Gasteiger partial charge < -0.3 is 19.4 Å². The van der Waals surface area contributed by atoms with Crippen LogP contribution in [0.5, 0.6) is 0 Å². The Hall–Kier alpha value is -2.36. The first-order chi connectivity index (χ1) is 13.1. The summed E-state index contributed by atoms with van der Waals surface area (Å²) in [7, 11) is 1.24. The van der Waals surface area contributed by atoms with E-state index in [1.54, 1.807) is 12.1 Å². The van der Waals surface area contributed by atoms with Crippen molar-refractivity contribution in [1.29, 1.82) is 0 Å². The maximum Gasteiger partial charge on any atom is 0.382 e. The standard InChI is InChI=1S/C22H29NO5/c1-7-8-12-15-22(27-20(2,3)21(4,5)28-22)18(19(24)26-6)23(25)16-17-13-10-9-11-14-17/h1,9-11,13-14,16,18H,8,12,15H2,2-6H3/b23-16-. The Bertz CT molecular complexity index is 745. The van der Waals surface area contributed by atoms with Gasteiger partial charge in [-0.05, 0) is 46.2 Å². The van der Waals surface area contributed by atoms with Gasteiger partial charge in [-0.15, -0.1) is 12.3 Å². The zero-order valence-electron chi connectivity index (χ0n) is 17.2. The summed E-state index contributed by atoms with van der Waals surface area (Å²) < 4.78 is 18.1. The fourth-order valence-electron chi connectivity index (χ4n) is 3.27. The van der Waals surface area contributed by atoms with Crippen molar-refractivity contribution in [2.75, 3.05) is 7.11 Å². The van der Waals surface area contributed by atoms with Gasteiger partial charge in [-0.2, -0.15) is 4.74 Å². The molecule has 152 valence electrons. The van der Waals surface area contributed by atoms with Gasteiger partial charge >= 0.3 is 12.0 Å². The van der Waals surface area contributed by atoms with E-state index in [1.165, 1.54) is 13.3 Å².